The summed E-state index contributed by atoms with van der Waals surface area (Å²) < 4.78 is 15.2. The summed E-state index contributed by atoms with van der Waals surface area (Å²) in [5, 5.41) is 3.37. The van der Waals surface area contributed by atoms with Crippen LogP contribution in [0.3, 0.4) is 0 Å². The van der Waals surface area contributed by atoms with Crippen LogP contribution >= 0.6 is 27.3 Å². The molecule has 1 unspecified atom stereocenters. The van der Waals surface area contributed by atoms with E-state index in [4.69, 9.17) is 0 Å². The Morgan fingerprint density at radius 1 is 1.32 bits per heavy atom. The van der Waals surface area contributed by atoms with Gasteiger partial charge in [0.1, 0.15) is 5.82 Å². The fraction of sp³-hybridized carbons (Fsp3) is 0.333. The molecule has 4 heteroatoms. The second-order valence-corrected chi connectivity index (χ2v) is 6.73. The van der Waals surface area contributed by atoms with E-state index in [2.05, 4.69) is 34.2 Å². The number of nitrogens with one attached hydrogen (secondary N) is 1. The maximum absolute atomic E-state index is 14.2. The van der Waals surface area contributed by atoms with E-state index in [1.807, 2.05) is 26.0 Å². The Morgan fingerprint density at radius 3 is 2.58 bits per heavy atom. The molecule has 0 saturated heterocycles. The van der Waals surface area contributed by atoms with Gasteiger partial charge in [0, 0.05) is 19.8 Å². The van der Waals surface area contributed by atoms with Crippen molar-refractivity contribution in [2.75, 3.05) is 6.54 Å². The molecule has 0 aliphatic carbocycles. The van der Waals surface area contributed by atoms with Crippen molar-refractivity contribution in [3.05, 3.63) is 55.4 Å². The fourth-order valence-corrected chi connectivity index (χ4v) is 4.09. The Morgan fingerprint density at radius 2 is 2.05 bits per heavy atom. The number of hydrogen-bond donors (Lipinski definition) is 1. The van der Waals surface area contributed by atoms with Gasteiger partial charge in [-0.1, -0.05) is 19.1 Å². The molecule has 0 aliphatic heterocycles. The van der Waals surface area contributed by atoms with Gasteiger partial charge in [-0.2, -0.15) is 0 Å². The topological polar surface area (TPSA) is 12.0 Å². The lowest BCUT2D eigenvalue weighted by Crippen LogP contribution is -2.22. The number of hydrogen-bond acceptors (Lipinski definition) is 2. The van der Waals surface area contributed by atoms with Crippen molar-refractivity contribution in [1.82, 2.24) is 5.32 Å². The van der Waals surface area contributed by atoms with Crippen molar-refractivity contribution in [3.63, 3.8) is 0 Å². The molecule has 19 heavy (non-hydrogen) atoms. The summed E-state index contributed by atoms with van der Waals surface area (Å²) in [6.45, 7) is 6.79. The standard InChI is InChI=1S/C15H17BrFNS/c1-4-18-14(15-12(16)8-10(3)19-15)11-6-5-9(2)7-13(11)17/h5-8,14,18H,4H2,1-3H3. The highest BCUT2D eigenvalue weighted by Crippen LogP contribution is 2.36. The molecular formula is C15H17BrFNS. The monoisotopic (exact) mass is 341 g/mol. The van der Waals surface area contributed by atoms with E-state index in [0.717, 1.165) is 21.5 Å². The van der Waals surface area contributed by atoms with E-state index in [1.54, 1.807) is 17.4 Å². The van der Waals surface area contributed by atoms with Gasteiger partial charge in [-0.3, -0.25) is 0 Å². The van der Waals surface area contributed by atoms with E-state index < -0.39 is 0 Å². The van der Waals surface area contributed by atoms with Crippen molar-refractivity contribution in [2.24, 2.45) is 0 Å². The highest BCUT2D eigenvalue weighted by molar-refractivity contribution is 9.10. The zero-order chi connectivity index (χ0) is 14.0. The predicted molar refractivity (Wildman–Crippen MR) is 83.4 cm³/mol. The van der Waals surface area contributed by atoms with Crippen LogP contribution in [0, 0.1) is 19.7 Å². The SMILES string of the molecule is CCNC(c1ccc(C)cc1F)c1sc(C)cc1Br. The number of rotatable bonds is 4. The summed E-state index contributed by atoms with van der Waals surface area (Å²) in [4.78, 5) is 2.35. The Kier molecular flexibility index (Phi) is 4.76. The van der Waals surface area contributed by atoms with Crippen LogP contribution in [0.2, 0.25) is 0 Å². The van der Waals surface area contributed by atoms with E-state index in [0.29, 0.717) is 5.56 Å². The van der Waals surface area contributed by atoms with Crippen LogP contribution in [-0.4, -0.2) is 6.54 Å². The highest BCUT2D eigenvalue weighted by Gasteiger charge is 2.21. The van der Waals surface area contributed by atoms with Crippen molar-refractivity contribution in [1.29, 1.82) is 0 Å². The van der Waals surface area contributed by atoms with Gasteiger partial charge in [0.25, 0.3) is 0 Å². The quantitative estimate of drug-likeness (QED) is 0.828. The second-order valence-electron chi connectivity index (χ2n) is 4.58. The average molecular weight is 342 g/mol. The summed E-state index contributed by atoms with van der Waals surface area (Å²) in [7, 11) is 0. The molecule has 1 heterocycles. The molecule has 0 spiro atoms. The first-order chi connectivity index (χ1) is 9.02. The third-order valence-corrected chi connectivity index (χ3v) is 5.01. The smallest absolute Gasteiger partial charge is 0.128 e. The molecule has 0 saturated carbocycles. The van der Waals surface area contributed by atoms with Gasteiger partial charge < -0.3 is 5.32 Å². The molecular weight excluding hydrogens is 325 g/mol. The van der Waals surface area contributed by atoms with Crippen molar-refractivity contribution in [2.45, 2.75) is 26.8 Å². The van der Waals surface area contributed by atoms with E-state index in [-0.39, 0.29) is 11.9 Å². The molecule has 1 aromatic heterocycles. The van der Waals surface area contributed by atoms with Crippen molar-refractivity contribution in [3.8, 4) is 0 Å². The molecule has 1 aromatic carbocycles. The van der Waals surface area contributed by atoms with Gasteiger partial charge in [0.05, 0.1) is 6.04 Å². The highest BCUT2D eigenvalue weighted by atomic mass is 79.9. The zero-order valence-corrected chi connectivity index (χ0v) is 13.7. The van der Waals surface area contributed by atoms with Crippen molar-refractivity contribution >= 4 is 27.3 Å². The largest absolute Gasteiger partial charge is 0.306 e. The summed E-state index contributed by atoms with van der Waals surface area (Å²) in [5.41, 5.74) is 1.65. The zero-order valence-electron chi connectivity index (χ0n) is 11.3. The van der Waals surface area contributed by atoms with Crippen LogP contribution in [0.15, 0.2) is 28.7 Å². The maximum Gasteiger partial charge on any atom is 0.128 e. The minimum absolute atomic E-state index is 0.0984. The first-order valence-electron chi connectivity index (χ1n) is 6.28. The minimum Gasteiger partial charge on any atom is -0.306 e. The molecule has 0 fully saturated rings. The Balaban J connectivity index is 2.48. The van der Waals surface area contributed by atoms with Crippen molar-refractivity contribution < 1.29 is 4.39 Å². The molecule has 0 bridgehead atoms. The fourth-order valence-electron chi connectivity index (χ4n) is 2.11. The molecule has 1 atom stereocenters. The number of thiophene rings is 1. The van der Waals surface area contributed by atoms with Gasteiger partial charge in [0.2, 0.25) is 0 Å². The van der Waals surface area contributed by atoms with Gasteiger partial charge in [-0.05, 0) is 54.0 Å². The first-order valence-corrected chi connectivity index (χ1v) is 7.89. The lowest BCUT2D eigenvalue weighted by atomic mass is 10.0. The lowest BCUT2D eigenvalue weighted by molar-refractivity contribution is 0.561. The summed E-state index contributed by atoms with van der Waals surface area (Å²) in [6.07, 6.45) is 0. The van der Waals surface area contributed by atoms with Crippen LogP contribution in [0.4, 0.5) is 4.39 Å². The number of halogens is 2. The average Bonchev–Trinajstić information content (AvgIpc) is 2.66. The van der Waals surface area contributed by atoms with Crippen LogP contribution in [0.25, 0.3) is 0 Å². The molecule has 0 aliphatic rings. The first kappa shape index (κ1) is 14.7. The minimum atomic E-state index is -0.149. The number of benzene rings is 1. The Labute approximate surface area is 126 Å². The van der Waals surface area contributed by atoms with Crippen LogP contribution in [0.5, 0.6) is 0 Å². The van der Waals surface area contributed by atoms with Gasteiger partial charge in [0.15, 0.2) is 0 Å². The number of aryl methyl sites for hydroxylation is 2. The third-order valence-electron chi connectivity index (χ3n) is 2.97. The summed E-state index contributed by atoms with van der Waals surface area (Å²) in [5.74, 6) is -0.149. The lowest BCUT2D eigenvalue weighted by Gasteiger charge is -2.18. The molecule has 1 nitrogen and oxygen atoms in total. The Hall–Kier alpha value is -0.710. The second kappa shape index (κ2) is 6.16. The third kappa shape index (κ3) is 3.25. The van der Waals surface area contributed by atoms with Gasteiger partial charge in [-0.25, -0.2) is 4.39 Å². The molecule has 2 rings (SSSR count). The van der Waals surface area contributed by atoms with E-state index in [9.17, 15) is 4.39 Å². The van der Waals surface area contributed by atoms with E-state index >= 15 is 0 Å². The van der Waals surface area contributed by atoms with Crippen LogP contribution < -0.4 is 5.32 Å². The molecule has 1 N–H and O–H groups in total. The van der Waals surface area contributed by atoms with Crippen LogP contribution in [0.1, 0.15) is 33.8 Å². The van der Waals surface area contributed by atoms with E-state index in [1.165, 1.54) is 4.88 Å². The molecule has 2 aromatic rings. The van der Waals surface area contributed by atoms with Gasteiger partial charge in [-0.15, -0.1) is 11.3 Å². The van der Waals surface area contributed by atoms with Gasteiger partial charge >= 0.3 is 0 Å². The Bertz CT molecular complexity index is 580. The maximum atomic E-state index is 14.2. The molecule has 0 amide bonds. The van der Waals surface area contributed by atoms with Crippen LogP contribution in [-0.2, 0) is 0 Å². The summed E-state index contributed by atoms with van der Waals surface area (Å²) in [6, 6.07) is 7.40. The normalized spacial score (nSPS) is 12.7. The summed E-state index contributed by atoms with van der Waals surface area (Å²) >= 11 is 5.27. The molecule has 0 radical (unpaired) electrons. The molecule has 102 valence electrons. The predicted octanol–water partition coefficient (Wildman–Crippen LogP) is 4.97.